The molecule has 19 heavy (non-hydrogen) atoms. The maximum atomic E-state index is 6.09. The van der Waals surface area contributed by atoms with Crippen LogP contribution in [0.1, 0.15) is 12.5 Å². The molecule has 3 nitrogen and oxygen atoms in total. The molecule has 0 aliphatic heterocycles. The largest absolute Gasteiger partial charge is 0.260 e. The molecule has 1 N–H and O–H groups in total. The second-order valence-electron chi connectivity index (χ2n) is 3.77. The predicted molar refractivity (Wildman–Crippen MR) is 81.5 cm³/mol. The molecule has 2 aromatic rings. The standard InChI is InChI=1S/C13H10Cl3N3/c1-8(10-4-2-3-5-11(10)15)18-19-13-12(16)6-9(14)7-17-13/h2-7H,1H3,(H,17,19)/b18-8-. The quantitative estimate of drug-likeness (QED) is 0.647. The molecule has 0 unspecified atom stereocenters. The van der Waals surface area contributed by atoms with Gasteiger partial charge in [-0.3, -0.25) is 5.43 Å². The van der Waals surface area contributed by atoms with E-state index in [-0.39, 0.29) is 0 Å². The average molecular weight is 315 g/mol. The first-order valence-electron chi connectivity index (χ1n) is 5.44. The number of pyridine rings is 1. The van der Waals surface area contributed by atoms with Crippen molar-refractivity contribution in [3.63, 3.8) is 0 Å². The monoisotopic (exact) mass is 313 g/mol. The number of benzene rings is 1. The van der Waals surface area contributed by atoms with Crippen LogP contribution in [-0.2, 0) is 0 Å². The summed E-state index contributed by atoms with van der Waals surface area (Å²) in [6.45, 7) is 1.85. The number of aromatic nitrogens is 1. The fourth-order valence-corrected chi connectivity index (χ4v) is 2.14. The van der Waals surface area contributed by atoms with E-state index in [0.29, 0.717) is 20.9 Å². The molecule has 0 saturated heterocycles. The molecule has 0 fully saturated rings. The van der Waals surface area contributed by atoms with Crippen LogP contribution in [0.25, 0.3) is 0 Å². The molecule has 0 saturated carbocycles. The average Bonchev–Trinajstić information content (AvgIpc) is 2.38. The van der Waals surface area contributed by atoms with Crippen molar-refractivity contribution in [1.29, 1.82) is 0 Å². The molecule has 98 valence electrons. The molecule has 0 atom stereocenters. The minimum atomic E-state index is 0.406. The highest BCUT2D eigenvalue weighted by Crippen LogP contribution is 2.23. The van der Waals surface area contributed by atoms with E-state index in [4.69, 9.17) is 34.8 Å². The summed E-state index contributed by atoms with van der Waals surface area (Å²) in [6.07, 6.45) is 1.50. The van der Waals surface area contributed by atoms with Crippen molar-refractivity contribution in [1.82, 2.24) is 4.98 Å². The van der Waals surface area contributed by atoms with Crippen LogP contribution in [0.2, 0.25) is 15.1 Å². The summed E-state index contributed by atoms with van der Waals surface area (Å²) in [4.78, 5) is 4.05. The van der Waals surface area contributed by atoms with Gasteiger partial charge in [-0.2, -0.15) is 5.10 Å². The highest BCUT2D eigenvalue weighted by Gasteiger charge is 2.04. The first-order valence-corrected chi connectivity index (χ1v) is 6.57. The first-order chi connectivity index (χ1) is 9.08. The summed E-state index contributed by atoms with van der Waals surface area (Å²) < 4.78 is 0. The number of hydrogen-bond acceptors (Lipinski definition) is 3. The molecule has 1 aromatic carbocycles. The maximum absolute atomic E-state index is 6.09. The Balaban J connectivity index is 2.21. The van der Waals surface area contributed by atoms with Gasteiger partial charge in [-0.1, -0.05) is 53.0 Å². The smallest absolute Gasteiger partial charge is 0.165 e. The summed E-state index contributed by atoms with van der Waals surface area (Å²) >= 11 is 17.8. The third-order valence-electron chi connectivity index (χ3n) is 2.40. The van der Waals surface area contributed by atoms with Crippen LogP contribution >= 0.6 is 34.8 Å². The van der Waals surface area contributed by atoms with E-state index in [0.717, 1.165) is 11.3 Å². The van der Waals surface area contributed by atoms with Gasteiger partial charge in [0.1, 0.15) is 0 Å². The molecule has 1 aromatic heterocycles. The molecule has 0 radical (unpaired) electrons. The molecule has 2 rings (SSSR count). The van der Waals surface area contributed by atoms with Crippen molar-refractivity contribution < 1.29 is 0 Å². The number of nitrogens with zero attached hydrogens (tertiary/aromatic N) is 2. The van der Waals surface area contributed by atoms with E-state index in [1.165, 1.54) is 6.20 Å². The Morgan fingerprint density at radius 3 is 2.58 bits per heavy atom. The maximum Gasteiger partial charge on any atom is 0.165 e. The van der Waals surface area contributed by atoms with Gasteiger partial charge in [0.05, 0.1) is 15.8 Å². The number of halogens is 3. The van der Waals surface area contributed by atoms with E-state index in [2.05, 4.69) is 15.5 Å². The van der Waals surface area contributed by atoms with Gasteiger partial charge in [-0.15, -0.1) is 0 Å². The van der Waals surface area contributed by atoms with Crippen LogP contribution in [0.15, 0.2) is 41.6 Å². The normalized spacial score (nSPS) is 11.5. The Labute approximate surface area is 126 Å². The molecular formula is C13H10Cl3N3. The van der Waals surface area contributed by atoms with Crippen LogP contribution in [0, 0.1) is 0 Å². The fraction of sp³-hybridized carbons (Fsp3) is 0.0769. The predicted octanol–water partition coefficient (Wildman–Crippen LogP) is 4.88. The Hall–Kier alpha value is -1.29. The van der Waals surface area contributed by atoms with Crippen LogP contribution < -0.4 is 5.43 Å². The lowest BCUT2D eigenvalue weighted by Crippen LogP contribution is -2.01. The summed E-state index contributed by atoms with van der Waals surface area (Å²) in [5.41, 5.74) is 4.38. The minimum absolute atomic E-state index is 0.406. The number of anilines is 1. The summed E-state index contributed by atoms with van der Waals surface area (Å²) in [7, 11) is 0. The van der Waals surface area contributed by atoms with Gasteiger partial charge < -0.3 is 0 Å². The minimum Gasteiger partial charge on any atom is -0.260 e. The van der Waals surface area contributed by atoms with Gasteiger partial charge in [0, 0.05) is 16.8 Å². The van der Waals surface area contributed by atoms with E-state index in [1.807, 2.05) is 31.2 Å². The van der Waals surface area contributed by atoms with Gasteiger partial charge in [0.2, 0.25) is 0 Å². The highest BCUT2D eigenvalue weighted by molar-refractivity contribution is 6.36. The summed E-state index contributed by atoms with van der Waals surface area (Å²) in [6, 6.07) is 9.06. The van der Waals surface area contributed by atoms with Gasteiger partial charge in [-0.25, -0.2) is 4.98 Å². The molecule has 0 aliphatic carbocycles. The van der Waals surface area contributed by atoms with Crippen LogP contribution in [-0.4, -0.2) is 10.7 Å². The third kappa shape index (κ3) is 3.60. The van der Waals surface area contributed by atoms with Gasteiger partial charge in [-0.05, 0) is 19.1 Å². The molecule has 0 aliphatic rings. The van der Waals surface area contributed by atoms with E-state index in [1.54, 1.807) is 6.07 Å². The zero-order valence-corrected chi connectivity index (χ0v) is 12.3. The van der Waals surface area contributed by atoms with Crippen LogP contribution in [0.3, 0.4) is 0 Å². The number of nitrogens with one attached hydrogen (secondary N) is 1. The Morgan fingerprint density at radius 2 is 1.89 bits per heavy atom. The molecule has 1 heterocycles. The van der Waals surface area contributed by atoms with Crippen LogP contribution in [0.4, 0.5) is 5.82 Å². The summed E-state index contributed by atoms with van der Waals surface area (Å²) in [5, 5.41) is 5.73. The zero-order valence-electron chi connectivity index (χ0n) is 9.99. The lowest BCUT2D eigenvalue weighted by molar-refractivity contribution is 1.22. The molecule has 0 amide bonds. The Bertz CT molecular complexity index is 626. The third-order valence-corrected chi connectivity index (χ3v) is 3.23. The Morgan fingerprint density at radius 1 is 1.16 bits per heavy atom. The highest BCUT2D eigenvalue weighted by atomic mass is 35.5. The van der Waals surface area contributed by atoms with Gasteiger partial charge >= 0.3 is 0 Å². The van der Waals surface area contributed by atoms with E-state index in [9.17, 15) is 0 Å². The Kier molecular flexibility index (Phi) is 4.64. The lowest BCUT2D eigenvalue weighted by atomic mass is 10.1. The number of rotatable bonds is 3. The lowest BCUT2D eigenvalue weighted by Gasteiger charge is -2.06. The molecular weight excluding hydrogens is 305 g/mol. The van der Waals surface area contributed by atoms with Crippen molar-refractivity contribution in [2.75, 3.05) is 5.43 Å². The van der Waals surface area contributed by atoms with Crippen LogP contribution in [0.5, 0.6) is 0 Å². The number of hydrazone groups is 1. The van der Waals surface area contributed by atoms with E-state index < -0.39 is 0 Å². The van der Waals surface area contributed by atoms with Crippen molar-refractivity contribution in [2.24, 2.45) is 5.10 Å². The van der Waals surface area contributed by atoms with Crippen molar-refractivity contribution in [3.8, 4) is 0 Å². The summed E-state index contributed by atoms with van der Waals surface area (Å²) in [5.74, 6) is 0.442. The zero-order chi connectivity index (χ0) is 13.8. The molecule has 0 spiro atoms. The second kappa shape index (κ2) is 6.24. The molecule has 0 bridgehead atoms. The van der Waals surface area contributed by atoms with E-state index >= 15 is 0 Å². The van der Waals surface area contributed by atoms with Crippen molar-refractivity contribution in [2.45, 2.75) is 6.92 Å². The van der Waals surface area contributed by atoms with Crippen molar-refractivity contribution >= 4 is 46.3 Å². The topological polar surface area (TPSA) is 37.3 Å². The van der Waals surface area contributed by atoms with Gasteiger partial charge in [0.25, 0.3) is 0 Å². The first kappa shape index (κ1) is 14.1. The van der Waals surface area contributed by atoms with Gasteiger partial charge in [0.15, 0.2) is 5.82 Å². The second-order valence-corrected chi connectivity index (χ2v) is 5.02. The number of hydrogen-bond donors (Lipinski definition) is 1. The fourth-order valence-electron chi connectivity index (χ4n) is 1.45. The SMILES string of the molecule is C/C(=N/Nc1ncc(Cl)cc1Cl)c1ccccc1Cl. The van der Waals surface area contributed by atoms with Crippen molar-refractivity contribution in [3.05, 3.63) is 57.2 Å². The molecule has 6 heteroatoms.